The van der Waals surface area contributed by atoms with Gasteiger partial charge in [0.2, 0.25) is 6.33 Å². The second-order valence-corrected chi connectivity index (χ2v) is 8.93. The Bertz CT molecular complexity index is 961. The summed E-state index contributed by atoms with van der Waals surface area (Å²) in [5, 5.41) is 0. The second kappa shape index (κ2) is 6.99. The van der Waals surface area contributed by atoms with E-state index in [1.54, 1.807) is 0 Å². The molecule has 0 radical (unpaired) electrons. The van der Waals surface area contributed by atoms with Gasteiger partial charge in [0.15, 0.2) is 0 Å². The van der Waals surface area contributed by atoms with Gasteiger partial charge in [0.05, 0.1) is 0 Å². The van der Waals surface area contributed by atoms with E-state index in [0.29, 0.717) is 0 Å². The van der Waals surface area contributed by atoms with Crippen LogP contribution in [0.1, 0.15) is 60.0 Å². The summed E-state index contributed by atoms with van der Waals surface area (Å²) >= 11 is 0. The van der Waals surface area contributed by atoms with Crippen LogP contribution in [0.3, 0.4) is 0 Å². The average Bonchev–Trinajstić information content (AvgIpc) is 2.85. The van der Waals surface area contributed by atoms with Crippen LogP contribution in [0.15, 0.2) is 42.7 Å². The Morgan fingerprint density at radius 1 is 0.889 bits per heavy atom. The van der Waals surface area contributed by atoms with Crippen molar-refractivity contribution in [1.29, 1.82) is 0 Å². The fourth-order valence-corrected chi connectivity index (χ4v) is 4.04. The quantitative estimate of drug-likeness (QED) is 0.533. The lowest BCUT2D eigenvalue weighted by Crippen LogP contribution is -2.36. The molecule has 0 aliphatic heterocycles. The monoisotopic (exact) mass is 361 g/mol. The lowest BCUT2D eigenvalue weighted by atomic mass is 9.85. The number of aryl methyl sites for hydroxylation is 3. The molecule has 3 rings (SSSR count). The summed E-state index contributed by atoms with van der Waals surface area (Å²) < 4.78 is 4.74. The Kier molecular flexibility index (Phi) is 5.03. The minimum atomic E-state index is 0.107. The van der Waals surface area contributed by atoms with Crippen LogP contribution in [0.4, 0.5) is 0 Å². The maximum absolute atomic E-state index is 2.39. The zero-order chi connectivity index (χ0) is 19.9. The summed E-state index contributed by atoms with van der Waals surface area (Å²) in [5.74, 6) is 0. The number of nitrogens with zero attached hydrogens (tertiary/aromatic N) is 2. The van der Waals surface area contributed by atoms with Crippen molar-refractivity contribution in [2.75, 3.05) is 0 Å². The fraction of sp³-hybridized carbons (Fsp3) is 0.400. The summed E-state index contributed by atoms with van der Waals surface area (Å²) in [5.41, 5.74) is 10.9. The van der Waals surface area contributed by atoms with Gasteiger partial charge in [-0.05, 0) is 48.9 Å². The van der Waals surface area contributed by atoms with Gasteiger partial charge in [0, 0.05) is 19.4 Å². The van der Waals surface area contributed by atoms with Gasteiger partial charge in [-0.25, -0.2) is 4.57 Å². The number of para-hydroxylation sites is 1. The predicted octanol–water partition coefficient (Wildman–Crippen LogP) is 5.65. The van der Waals surface area contributed by atoms with Crippen molar-refractivity contribution in [3.63, 3.8) is 0 Å². The number of benzene rings is 2. The standard InChI is InChI=1S/C25H33N2/c1-17-13-18(2)22(19(3)14-17)15-26-16-27(21(5)20(26)4)24-12-10-9-11-23(24)25(6,7)8/h9-14,16H,15H2,1-8H3/q+1. The van der Waals surface area contributed by atoms with Crippen molar-refractivity contribution >= 4 is 0 Å². The fourth-order valence-electron chi connectivity index (χ4n) is 4.04. The average molecular weight is 362 g/mol. The number of hydrogen-bond acceptors (Lipinski definition) is 0. The van der Waals surface area contributed by atoms with Crippen LogP contribution in [0.25, 0.3) is 5.69 Å². The van der Waals surface area contributed by atoms with E-state index in [4.69, 9.17) is 0 Å². The van der Waals surface area contributed by atoms with Crippen molar-refractivity contribution in [2.45, 2.75) is 67.3 Å². The predicted molar refractivity (Wildman–Crippen MR) is 114 cm³/mol. The lowest BCUT2D eigenvalue weighted by molar-refractivity contribution is -0.693. The highest BCUT2D eigenvalue weighted by atomic mass is 15.1. The zero-order valence-electron chi connectivity index (χ0n) is 18.1. The molecule has 1 heterocycles. The molecular formula is C25H33N2+. The molecule has 0 saturated carbocycles. The summed E-state index contributed by atoms with van der Waals surface area (Å²) in [4.78, 5) is 0. The van der Waals surface area contributed by atoms with Crippen LogP contribution < -0.4 is 4.57 Å². The maximum Gasteiger partial charge on any atom is 0.249 e. The number of rotatable bonds is 3. The third kappa shape index (κ3) is 3.71. The van der Waals surface area contributed by atoms with Crippen molar-refractivity contribution in [2.24, 2.45) is 0 Å². The van der Waals surface area contributed by atoms with E-state index in [2.05, 4.69) is 107 Å². The Hall–Kier alpha value is -2.35. The third-order valence-electron chi connectivity index (χ3n) is 5.71. The molecule has 0 aliphatic carbocycles. The summed E-state index contributed by atoms with van der Waals surface area (Å²) in [6, 6.07) is 13.3. The molecule has 142 valence electrons. The molecule has 2 nitrogen and oxygen atoms in total. The topological polar surface area (TPSA) is 8.81 Å². The number of hydrogen-bond donors (Lipinski definition) is 0. The van der Waals surface area contributed by atoms with E-state index < -0.39 is 0 Å². The largest absolute Gasteiger partial charge is 0.249 e. The second-order valence-electron chi connectivity index (χ2n) is 8.93. The van der Waals surface area contributed by atoms with E-state index in [0.717, 1.165) is 6.54 Å². The molecule has 0 fully saturated rings. The summed E-state index contributed by atoms with van der Waals surface area (Å²) in [6.07, 6.45) is 2.27. The van der Waals surface area contributed by atoms with E-state index in [1.165, 1.54) is 44.9 Å². The molecule has 2 heteroatoms. The molecule has 0 atom stereocenters. The van der Waals surface area contributed by atoms with Crippen molar-refractivity contribution < 1.29 is 4.57 Å². The molecule has 0 N–H and O–H groups in total. The van der Waals surface area contributed by atoms with Gasteiger partial charge in [0.25, 0.3) is 0 Å². The SMILES string of the molecule is Cc1cc(C)c(C[n+]2cn(-c3ccccc3C(C)(C)C)c(C)c2C)c(C)c1. The normalized spacial score (nSPS) is 11.9. The summed E-state index contributed by atoms with van der Waals surface area (Å²) in [6.45, 7) is 18.8. The highest BCUT2D eigenvalue weighted by Crippen LogP contribution is 2.29. The first kappa shape index (κ1) is 19.4. The van der Waals surface area contributed by atoms with Gasteiger partial charge in [-0.15, -0.1) is 0 Å². The summed E-state index contributed by atoms with van der Waals surface area (Å²) in [7, 11) is 0. The van der Waals surface area contributed by atoms with Crippen molar-refractivity contribution in [1.82, 2.24) is 4.57 Å². The molecule has 1 aromatic heterocycles. The first-order chi connectivity index (χ1) is 12.6. The third-order valence-corrected chi connectivity index (χ3v) is 5.71. The highest BCUT2D eigenvalue weighted by molar-refractivity contribution is 5.46. The van der Waals surface area contributed by atoms with Crippen molar-refractivity contribution in [3.05, 3.63) is 81.9 Å². The molecule has 0 spiro atoms. The molecule has 3 aromatic rings. The van der Waals surface area contributed by atoms with Crippen molar-refractivity contribution in [3.8, 4) is 5.69 Å². The van der Waals surface area contributed by atoms with E-state index in [1.807, 2.05) is 0 Å². The smallest absolute Gasteiger partial charge is 0.229 e. The minimum absolute atomic E-state index is 0.107. The molecular weight excluding hydrogens is 328 g/mol. The Balaban J connectivity index is 2.10. The molecule has 0 unspecified atom stereocenters. The first-order valence-electron chi connectivity index (χ1n) is 9.84. The lowest BCUT2D eigenvalue weighted by Gasteiger charge is -2.21. The Labute approximate surface area is 164 Å². The van der Waals surface area contributed by atoms with Gasteiger partial charge in [-0.2, -0.15) is 4.57 Å². The van der Waals surface area contributed by atoms with E-state index >= 15 is 0 Å². The molecule has 0 saturated heterocycles. The van der Waals surface area contributed by atoms with Crippen LogP contribution in [0, 0.1) is 34.6 Å². The maximum atomic E-state index is 2.39. The highest BCUT2D eigenvalue weighted by Gasteiger charge is 2.25. The van der Waals surface area contributed by atoms with Gasteiger partial charge >= 0.3 is 0 Å². The molecule has 0 aliphatic rings. The van der Waals surface area contributed by atoms with Crippen LogP contribution >= 0.6 is 0 Å². The van der Waals surface area contributed by atoms with Crippen LogP contribution in [0.2, 0.25) is 0 Å². The molecule has 0 bridgehead atoms. The number of aromatic nitrogens is 2. The zero-order valence-corrected chi connectivity index (χ0v) is 18.1. The van der Waals surface area contributed by atoms with Crippen LogP contribution in [-0.2, 0) is 12.0 Å². The van der Waals surface area contributed by atoms with Gasteiger partial charge in [-0.3, -0.25) is 0 Å². The molecule has 0 amide bonds. The van der Waals surface area contributed by atoms with Gasteiger partial charge in [-0.1, -0.05) is 56.7 Å². The number of imidazole rings is 1. The van der Waals surface area contributed by atoms with E-state index in [-0.39, 0.29) is 5.41 Å². The van der Waals surface area contributed by atoms with Gasteiger partial charge < -0.3 is 0 Å². The minimum Gasteiger partial charge on any atom is -0.229 e. The van der Waals surface area contributed by atoms with Gasteiger partial charge in [0.1, 0.15) is 23.6 Å². The van der Waals surface area contributed by atoms with Crippen LogP contribution in [0.5, 0.6) is 0 Å². The Morgan fingerprint density at radius 2 is 1.48 bits per heavy atom. The Morgan fingerprint density at radius 3 is 2.07 bits per heavy atom. The molecule has 2 aromatic carbocycles. The van der Waals surface area contributed by atoms with Crippen LogP contribution in [-0.4, -0.2) is 4.57 Å². The van der Waals surface area contributed by atoms with E-state index in [9.17, 15) is 0 Å². The molecule has 27 heavy (non-hydrogen) atoms. The first-order valence-corrected chi connectivity index (χ1v) is 9.84.